The maximum absolute atomic E-state index is 5.89. The molecule has 0 aliphatic rings. The van der Waals surface area contributed by atoms with Crippen LogP contribution in [0, 0.1) is 13.8 Å². The first-order valence-corrected chi connectivity index (χ1v) is 7.05. The Bertz CT molecular complexity index is 573. The monoisotopic (exact) mass is 268 g/mol. The highest BCUT2D eigenvalue weighted by molar-refractivity contribution is 5.37. The Labute approximate surface area is 122 Å². The van der Waals surface area contributed by atoms with Crippen LogP contribution in [0.2, 0.25) is 0 Å². The number of nitrogens with one attached hydrogen (secondary N) is 1. The Morgan fingerprint density at radius 2 is 1.65 bits per heavy atom. The first-order valence-electron chi connectivity index (χ1n) is 7.05. The minimum Gasteiger partial charge on any atom is -0.271 e. The quantitative estimate of drug-likeness (QED) is 0.654. The maximum Gasteiger partial charge on any atom is 0.0553 e. The van der Waals surface area contributed by atoms with Crippen LogP contribution >= 0.6 is 0 Å². The van der Waals surface area contributed by atoms with E-state index >= 15 is 0 Å². The molecule has 20 heavy (non-hydrogen) atoms. The van der Waals surface area contributed by atoms with E-state index in [9.17, 15) is 0 Å². The van der Waals surface area contributed by atoms with Crippen LogP contribution in [0.15, 0.2) is 48.5 Å². The second kappa shape index (κ2) is 5.78. The van der Waals surface area contributed by atoms with Crippen molar-refractivity contribution in [1.82, 2.24) is 5.43 Å². The Hall–Kier alpha value is -1.64. The number of hydrazine groups is 1. The average Bonchev–Trinajstić information content (AvgIpc) is 2.43. The molecule has 0 fully saturated rings. The third-order valence-corrected chi connectivity index (χ3v) is 4.14. The molecule has 0 amide bonds. The van der Waals surface area contributed by atoms with Gasteiger partial charge in [-0.05, 0) is 30.5 Å². The van der Waals surface area contributed by atoms with Crippen LogP contribution in [-0.4, -0.2) is 0 Å². The van der Waals surface area contributed by atoms with E-state index in [0.29, 0.717) is 0 Å². The zero-order valence-electron chi connectivity index (χ0n) is 12.8. The standard InChI is InChI=1S/C18H24N2/c1-13-10-11-16(14(2)12-13)17(20-19)18(3,4)15-8-6-5-7-9-15/h5-12,17,20H,19H2,1-4H3. The minimum atomic E-state index is -0.0873. The summed E-state index contributed by atoms with van der Waals surface area (Å²) >= 11 is 0. The topological polar surface area (TPSA) is 38.0 Å². The van der Waals surface area contributed by atoms with Gasteiger partial charge in [-0.3, -0.25) is 11.3 Å². The van der Waals surface area contributed by atoms with Gasteiger partial charge in [-0.25, -0.2) is 0 Å². The third-order valence-electron chi connectivity index (χ3n) is 4.14. The van der Waals surface area contributed by atoms with Crippen molar-refractivity contribution in [2.45, 2.75) is 39.2 Å². The molecule has 3 N–H and O–H groups in total. The lowest BCUT2D eigenvalue weighted by atomic mass is 9.74. The summed E-state index contributed by atoms with van der Waals surface area (Å²) in [4.78, 5) is 0. The van der Waals surface area contributed by atoms with Crippen molar-refractivity contribution < 1.29 is 0 Å². The van der Waals surface area contributed by atoms with E-state index in [1.54, 1.807) is 0 Å². The van der Waals surface area contributed by atoms with Crippen LogP contribution in [0.3, 0.4) is 0 Å². The lowest BCUT2D eigenvalue weighted by Crippen LogP contribution is -2.41. The van der Waals surface area contributed by atoms with Crippen LogP contribution in [-0.2, 0) is 5.41 Å². The molecule has 2 nitrogen and oxygen atoms in total. The first kappa shape index (κ1) is 14.8. The summed E-state index contributed by atoms with van der Waals surface area (Å²) in [5, 5.41) is 0. The largest absolute Gasteiger partial charge is 0.271 e. The van der Waals surface area contributed by atoms with Crippen molar-refractivity contribution >= 4 is 0 Å². The molecule has 2 heteroatoms. The number of nitrogens with two attached hydrogens (primary N) is 1. The van der Waals surface area contributed by atoms with Gasteiger partial charge in [0, 0.05) is 5.41 Å². The van der Waals surface area contributed by atoms with Gasteiger partial charge >= 0.3 is 0 Å². The molecule has 0 radical (unpaired) electrons. The fourth-order valence-electron chi connectivity index (χ4n) is 2.87. The summed E-state index contributed by atoms with van der Waals surface area (Å²) in [6, 6.07) is 17.1. The summed E-state index contributed by atoms with van der Waals surface area (Å²) in [5.41, 5.74) is 8.02. The molecule has 0 saturated heterocycles. The van der Waals surface area contributed by atoms with Crippen molar-refractivity contribution in [2.75, 3.05) is 0 Å². The maximum atomic E-state index is 5.89. The van der Waals surface area contributed by atoms with Gasteiger partial charge in [-0.15, -0.1) is 0 Å². The average molecular weight is 268 g/mol. The molecule has 0 aliphatic heterocycles. The second-order valence-corrected chi connectivity index (χ2v) is 6.05. The summed E-state index contributed by atoms with van der Waals surface area (Å²) in [5.74, 6) is 5.89. The molecule has 1 atom stereocenters. The van der Waals surface area contributed by atoms with Gasteiger partial charge in [-0.1, -0.05) is 67.9 Å². The van der Waals surface area contributed by atoms with Crippen molar-refractivity contribution in [1.29, 1.82) is 0 Å². The SMILES string of the molecule is Cc1ccc(C(NN)C(C)(C)c2ccccc2)c(C)c1. The highest BCUT2D eigenvalue weighted by Gasteiger charge is 2.32. The summed E-state index contributed by atoms with van der Waals surface area (Å²) in [6.07, 6.45) is 0. The zero-order chi connectivity index (χ0) is 14.8. The fraction of sp³-hybridized carbons (Fsp3) is 0.333. The molecule has 0 spiro atoms. The predicted octanol–water partition coefficient (Wildman–Crippen LogP) is 3.79. The highest BCUT2D eigenvalue weighted by atomic mass is 15.2. The summed E-state index contributed by atoms with van der Waals surface area (Å²) in [7, 11) is 0. The van der Waals surface area contributed by atoms with Gasteiger partial charge in [0.25, 0.3) is 0 Å². The molecule has 0 aliphatic carbocycles. The predicted molar refractivity (Wildman–Crippen MR) is 85.4 cm³/mol. The van der Waals surface area contributed by atoms with E-state index in [-0.39, 0.29) is 11.5 Å². The number of hydrogen-bond donors (Lipinski definition) is 2. The summed E-state index contributed by atoms with van der Waals surface area (Å²) in [6.45, 7) is 8.72. The Morgan fingerprint density at radius 1 is 1.00 bits per heavy atom. The van der Waals surface area contributed by atoms with E-state index in [1.807, 2.05) is 6.07 Å². The van der Waals surface area contributed by atoms with Crippen LogP contribution in [0.1, 0.15) is 42.1 Å². The normalized spacial score (nSPS) is 13.2. The van der Waals surface area contributed by atoms with Crippen molar-refractivity contribution in [3.05, 3.63) is 70.8 Å². The fourth-order valence-corrected chi connectivity index (χ4v) is 2.87. The van der Waals surface area contributed by atoms with Gasteiger partial charge in [0.15, 0.2) is 0 Å². The van der Waals surface area contributed by atoms with Crippen molar-refractivity contribution in [2.24, 2.45) is 5.84 Å². The molecule has 0 bridgehead atoms. The van der Waals surface area contributed by atoms with E-state index < -0.39 is 0 Å². The Morgan fingerprint density at radius 3 is 2.20 bits per heavy atom. The van der Waals surface area contributed by atoms with Crippen molar-refractivity contribution in [3.63, 3.8) is 0 Å². The van der Waals surface area contributed by atoms with Crippen LogP contribution in [0.25, 0.3) is 0 Å². The van der Waals surface area contributed by atoms with Gasteiger partial charge in [0.05, 0.1) is 6.04 Å². The zero-order valence-corrected chi connectivity index (χ0v) is 12.8. The molecule has 0 aromatic heterocycles. The van der Waals surface area contributed by atoms with Crippen LogP contribution in [0.5, 0.6) is 0 Å². The molecule has 2 aromatic rings. The van der Waals surface area contributed by atoms with Crippen molar-refractivity contribution in [3.8, 4) is 0 Å². The molecule has 0 saturated carbocycles. The Balaban J connectivity index is 2.46. The minimum absolute atomic E-state index is 0.0745. The molecular formula is C18H24N2. The molecule has 106 valence electrons. The smallest absolute Gasteiger partial charge is 0.0553 e. The Kier molecular flexibility index (Phi) is 4.26. The van der Waals surface area contributed by atoms with E-state index in [4.69, 9.17) is 5.84 Å². The van der Waals surface area contributed by atoms with Gasteiger partial charge in [-0.2, -0.15) is 0 Å². The molecule has 0 heterocycles. The number of benzene rings is 2. The number of hydrogen-bond acceptors (Lipinski definition) is 2. The third kappa shape index (κ3) is 2.77. The molecular weight excluding hydrogens is 244 g/mol. The second-order valence-electron chi connectivity index (χ2n) is 6.05. The van der Waals surface area contributed by atoms with Gasteiger partial charge < -0.3 is 0 Å². The molecule has 2 rings (SSSR count). The lowest BCUT2D eigenvalue weighted by molar-refractivity contribution is 0.351. The van der Waals surface area contributed by atoms with Gasteiger partial charge in [0.2, 0.25) is 0 Å². The molecule has 1 unspecified atom stereocenters. The molecule has 2 aromatic carbocycles. The first-order chi connectivity index (χ1) is 9.46. The van der Waals surface area contributed by atoms with E-state index in [0.717, 1.165) is 0 Å². The van der Waals surface area contributed by atoms with Gasteiger partial charge in [0.1, 0.15) is 0 Å². The summed E-state index contributed by atoms with van der Waals surface area (Å²) < 4.78 is 0. The highest BCUT2D eigenvalue weighted by Crippen LogP contribution is 2.37. The number of aryl methyl sites for hydroxylation is 2. The van der Waals surface area contributed by atoms with Crippen LogP contribution < -0.4 is 11.3 Å². The van der Waals surface area contributed by atoms with E-state index in [2.05, 4.69) is 75.6 Å². The van der Waals surface area contributed by atoms with E-state index in [1.165, 1.54) is 22.3 Å². The van der Waals surface area contributed by atoms with Crippen LogP contribution in [0.4, 0.5) is 0 Å². The lowest BCUT2D eigenvalue weighted by Gasteiger charge is -2.35. The number of rotatable bonds is 4.